The summed E-state index contributed by atoms with van der Waals surface area (Å²) in [6.45, 7) is 3.12. The molecular formula is C22H20N4O3. The molecule has 0 N–H and O–H groups in total. The molecule has 1 aliphatic rings. The zero-order valence-corrected chi connectivity index (χ0v) is 16.2. The van der Waals surface area contributed by atoms with E-state index in [4.69, 9.17) is 14.0 Å². The van der Waals surface area contributed by atoms with Crippen LogP contribution in [0, 0.1) is 6.92 Å². The van der Waals surface area contributed by atoms with Gasteiger partial charge in [0.15, 0.2) is 5.69 Å². The molecule has 5 rings (SSSR count). The number of nitrogens with zero attached hydrogens (tertiary/aromatic N) is 4. The van der Waals surface area contributed by atoms with E-state index in [0.29, 0.717) is 30.6 Å². The van der Waals surface area contributed by atoms with E-state index in [-0.39, 0.29) is 6.10 Å². The Kier molecular flexibility index (Phi) is 4.37. The van der Waals surface area contributed by atoms with E-state index >= 15 is 0 Å². The van der Waals surface area contributed by atoms with Crippen LogP contribution in [0.4, 0.5) is 0 Å². The van der Waals surface area contributed by atoms with Crippen LogP contribution in [0.25, 0.3) is 23.0 Å². The van der Waals surface area contributed by atoms with Crippen molar-refractivity contribution in [2.45, 2.75) is 26.2 Å². The minimum Gasteiger partial charge on any atom is -0.497 e. The number of aromatic nitrogens is 4. The quantitative estimate of drug-likeness (QED) is 0.522. The molecule has 29 heavy (non-hydrogen) atoms. The number of aryl methyl sites for hydroxylation is 1. The van der Waals surface area contributed by atoms with Crippen LogP contribution in [0.15, 0.2) is 59.4 Å². The maximum atomic E-state index is 6.10. The van der Waals surface area contributed by atoms with Gasteiger partial charge >= 0.3 is 0 Å². The smallest absolute Gasteiger partial charge is 0.278 e. The first kappa shape index (κ1) is 17.6. The summed E-state index contributed by atoms with van der Waals surface area (Å²) < 4.78 is 18.9. The van der Waals surface area contributed by atoms with Crippen molar-refractivity contribution in [2.75, 3.05) is 7.11 Å². The zero-order chi connectivity index (χ0) is 19.8. The van der Waals surface area contributed by atoms with Crippen LogP contribution in [-0.2, 0) is 17.9 Å². The second-order valence-corrected chi connectivity index (χ2v) is 7.00. The number of fused-ring (bicyclic) bond motifs is 1. The van der Waals surface area contributed by atoms with Crippen molar-refractivity contribution < 1.29 is 14.0 Å². The Hall–Kier alpha value is -3.45. The van der Waals surface area contributed by atoms with Crippen molar-refractivity contribution in [3.05, 3.63) is 71.7 Å². The molecule has 7 nitrogen and oxygen atoms in total. The third-order valence-electron chi connectivity index (χ3n) is 5.23. The van der Waals surface area contributed by atoms with E-state index in [2.05, 4.69) is 19.7 Å². The van der Waals surface area contributed by atoms with Gasteiger partial charge in [-0.15, -0.1) is 0 Å². The van der Waals surface area contributed by atoms with E-state index in [1.807, 2.05) is 55.5 Å². The van der Waals surface area contributed by atoms with Crippen molar-refractivity contribution in [1.82, 2.24) is 19.7 Å². The van der Waals surface area contributed by atoms with Crippen LogP contribution in [0.2, 0.25) is 0 Å². The fourth-order valence-electron chi connectivity index (χ4n) is 3.58. The third kappa shape index (κ3) is 3.19. The molecule has 0 radical (unpaired) electrons. The summed E-state index contributed by atoms with van der Waals surface area (Å²) in [5.41, 5.74) is 4.76. The van der Waals surface area contributed by atoms with Gasteiger partial charge in [0.1, 0.15) is 11.9 Å². The number of hydrogen-bond donors (Lipinski definition) is 0. The van der Waals surface area contributed by atoms with E-state index < -0.39 is 0 Å². The summed E-state index contributed by atoms with van der Waals surface area (Å²) in [7, 11) is 1.66. The predicted octanol–water partition coefficient (Wildman–Crippen LogP) is 4.19. The Labute approximate surface area is 167 Å². The fourth-order valence-corrected chi connectivity index (χ4v) is 3.58. The van der Waals surface area contributed by atoms with Gasteiger partial charge in [-0.05, 0) is 30.2 Å². The Bertz CT molecular complexity index is 1150. The average Bonchev–Trinajstić information content (AvgIpc) is 3.40. The normalized spacial score (nSPS) is 15.9. The Morgan fingerprint density at radius 2 is 1.93 bits per heavy atom. The molecule has 146 valence electrons. The molecule has 2 aromatic heterocycles. The molecule has 7 heteroatoms. The summed E-state index contributed by atoms with van der Waals surface area (Å²) in [6.07, 6.45) is 1.77. The van der Waals surface area contributed by atoms with Crippen molar-refractivity contribution in [1.29, 1.82) is 0 Å². The molecule has 0 amide bonds. The van der Waals surface area contributed by atoms with E-state index in [1.165, 1.54) is 0 Å². The van der Waals surface area contributed by atoms with Crippen LogP contribution in [0.5, 0.6) is 5.75 Å². The maximum absolute atomic E-state index is 6.10. The maximum Gasteiger partial charge on any atom is 0.278 e. The summed E-state index contributed by atoms with van der Waals surface area (Å²) in [5, 5.41) is 4.14. The lowest BCUT2D eigenvalue weighted by Gasteiger charge is -2.25. The van der Waals surface area contributed by atoms with E-state index in [1.54, 1.807) is 13.4 Å². The van der Waals surface area contributed by atoms with Crippen LogP contribution in [0.1, 0.15) is 22.9 Å². The first-order chi connectivity index (χ1) is 14.2. The standard InChI is InChI=1S/C22H20N4O3/c1-14-5-3-4-6-17(14)21-24-22(29-25-21)20-18-12-28-19(11-26(18)13-23-20)15-7-9-16(27-2)10-8-15/h3-10,13,19H,11-12H2,1-2H3. The lowest BCUT2D eigenvalue weighted by Crippen LogP contribution is -2.20. The number of imidazole rings is 1. The molecule has 1 unspecified atom stereocenters. The van der Waals surface area contributed by atoms with Crippen molar-refractivity contribution in [3.8, 4) is 28.7 Å². The van der Waals surface area contributed by atoms with Crippen LogP contribution < -0.4 is 4.74 Å². The van der Waals surface area contributed by atoms with Gasteiger partial charge in [-0.3, -0.25) is 0 Å². The second kappa shape index (κ2) is 7.18. The molecule has 0 fully saturated rings. The first-order valence-corrected chi connectivity index (χ1v) is 9.42. The lowest BCUT2D eigenvalue weighted by molar-refractivity contribution is 0.00328. The Morgan fingerprint density at radius 3 is 2.72 bits per heavy atom. The van der Waals surface area contributed by atoms with Gasteiger partial charge < -0.3 is 18.6 Å². The molecule has 1 aliphatic heterocycles. The largest absolute Gasteiger partial charge is 0.497 e. The van der Waals surface area contributed by atoms with Gasteiger partial charge in [-0.2, -0.15) is 4.98 Å². The highest BCUT2D eigenvalue weighted by Crippen LogP contribution is 2.32. The van der Waals surface area contributed by atoms with Gasteiger partial charge in [0, 0.05) is 5.56 Å². The molecule has 1 atom stereocenters. The van der Waals surface area contributed by atoms with Crippen molar-refractivity contribution in [3.63, 3.8) is 0 Å². The van der Waals surface area contributed by atoms with Crippen LogP contribution in [-0.4, -0.2) is 26.8 Å². The van der Waals surface area contributed by atoms with Gasteiger partial charge in [-0.1, -0.05) is 41.6 Å². The predicted molar refractivity (Wildman–Crippen MR) is 106 cm³/mol. The second-order valence-electron chi connectivity index (χ2n) is 7.00. The molecular weight excluding hydrogens is 368 g/mol. The van der Waals surface area contributed by atoms with Gasteiger partial charge in [0.05, 0.1) is 32.3 Å². The zero-order valence-electron chi connectivity index (χ0n) is 16.2. The van der Waals surface area contributed by atoms with Crippen molar-refractivity contribution >= 4 is 0 Å². The molecule has 0 saturated carbocycles. The number of methoxy groups -OCH3 is 1. The lowest BCUT2D eigenvalue weighted by atomic mass is 10.1. The highest BCUT2D eigenvalue weighted by molar-refractivity contribution is 5.62. The highest BCUT2D eigenvalue weighted by atomic mass is 16.5. The molecule has 3 heterocycles. The van der Waals surface area contributed by atoms with Crippen LogP contribution in [0.3, 0.4) is 0 Å². The minimum atomic E-state index is -0.0410. The SMILES string of the molecule is COc1ccc(C2Cn3cnc(-c4nc(-c5ccccc5C)no4)c3CO2)cc1. The number of hydrogen-bond acceptors (Lipinski definition) is 6. The Morgan fingerprint density at radius 1 is 1.10 bits per heavy atom. The topological polar surface area (TPSA) is 75.2 Å². The summed E-state index contributed by atoms with van der Waals surface area (Å²) in [5.74, 6) is 1.80. The summed E-state index contributed by atoms with van der Waals surface area (Å²) >= 11 is 0. The fraction of sp³-hybridized carbons (Fsp3) is 0.227. The third-order valence-corrected chi connectivity index (χ3v) is 5.23. The Balaban J connectivity index is 1.40. The van der Waals surface area contributed by atoms with E-state index in [0.717, 1.165) is 28.1 Å². The van der Waals surface area contributed by atoms with Gasteiger partial charge in [-0.25, -0.2) is 4.98 Å². The summed E-state index contributed by atoms with van der Waals surface area (Å²) in [6, 6.07) is 15.9. The molecule has 0 bridgehead atoms. The molecule has 0 aliphatic carbocycles. The highest BCUT2D eigenvalue weighted by Gasteiger charge is 2.26. The molecule has 2 aromatic carbocycles. The number of benzene rings is 2. The minimum absolute atomic E-state index is 0.0410. The summed E-state index contributed by atoms with van der Waals surface area (Å²) in [4.78, 5) is 9.08. The molecule has 0 saturated heterocycles. The van der Waals surface area contributed by atoms with Crippen molar-refractivity contribution in [2.24, 2.45) is 0 Å². The first-order valence-electron chi connectivity index (χ1n) is 9.42. The molecule has 0 spiro atoms. The van der Waals surface area contributed by atoms with Crippen LogP contribution >= 0.6 is 0 Å². The monoisotopic (exact) mass is 388 g/mol. The number of rotatable bonds is 4. The van der Waals surface area contributed by atoms with Gasteiger partial charge in [0.2, 0.25) is 5.82 Å². The average molecular weight is 388 g/mol. The van der Waals surface area contributed by atoms with Gasteiger partial charge in [0.25, 0.3) is 5.89 Å². The molecule has 4 aromatic rings. The number of ether oxygens (including phenoxy) is 2. The van der Waals surface area contributed by atoms with E-state index in [9.17, 15) is 0 Å².